The molecule has 1 atom stereocenters. The van der Waals surface area contributed by atoms with E-state index in [0.29, 0.717) is 53.6 Å². The molecule has 3 aromatic rings. The van der Waals surface area contributed by atoms with Crippen molar-refractivity contribution >= 4 is 17.0 Å². The van der Waals surface area contributed by atoms with Crippen molar-refractivity contribution in [3.8, 4) is 11.5 Å². The Labute approximate surface area is 161 Å². The predicted octanol–water partition coefficient (Wildman–Crippen LogP) is 3.16. The van der Waals surface area contributed by atoms with Gasteiger partial charge >= 0.3 is 0 Å². The highest BCUT2D eigenvalue weighted by atomic mass is 16.7. The number of carbonyl (C=O) groups excluding carboxylic acids is 1. The highest BCUT2D eigenvalue weighted by Gasteiger charge is 2.37. The molecule has 1 amide bonds. The lowest BCUT2D eigenvalue weighted by molar-refractivity contribution is -0.100. The topological polar surface area (TPSA) is 90.8 Å². The van der Waals surface area contributed by atoms with Crippen LogP contribution in [0.5, 0.6) is 0 Å². The van der Waals surface area contributed by atoms with Crippen molar-refractivity contribution in [2.24, 2.45) is 0 Å². The van der Waals surface area contributed by atoms with Crippen LogP contribution in [0.15, 0.2) is 33.4 Å². The summed E-state index contributed by atoms with van der Waals surface area (Å²) in [5.74, 6) is 0.484. The molecule has 5 heterocycles. The molecular weight excluding hydrogens is 362 g/mol. The van der Waals surface area contributed by atoms with Crippen molar-refractivity contribution in [2.45, 2.75) is 38.5 Å². The second-order valence-electron chi connectivity index (χ2n) is 7.15. The number of rotatable bonds is 3. The zero-order chi connectivity index (χ0) is 19.1. The maximum Gasteiger partial charge on any atom is 0.259 e. The van der Waals surface area contributed by atoms with Crippen LogP contribution in [0.25, 0.3) is 22.6 Å². The molecule has 0 aliphatic carbocycles. The number of aromatic nitrogens is 2. The lowest BCUT2D eigenvalue weighted by atomic mass is 9.99. The van der Waals surface area contributed by atoms with Gasteiger partial charge in [0.05, 0.1) is 42.2 Å². The number of fused-ring (bicyclic) bond motifs is 1. The Bertz CT molecular complexity index is 991. The van der Waals surface area contributed by atoms with Gasteiger partial charge in [-0.2, -0.15) is 0 Å². The molecule has 2 aliphatic heterocycles. The second-order valence-corrected chi connectivity index (χ2v) is 7.15. The van der Waals surface area contributed by atoms with Gasteiger partial charge in [0, 0.05) is 6.54 Å². The third kappa shape index (κ3) is 2.89. The van der Waals surface area contributed by atoms with Gasteiger partial charge < -0.3 is 23.3 Å². The number of hydrogen-bond acceptors (Lipinski definition) is 7. The number of ether oxygens (including phenoxy) is 2. The summed E-state index contributed by atoms with van der Waals surface area (Å²) in [6.45, 7) is 3.61. The van der Waals surface area contributed by atoms with Gasteiger partial charge in [-0.1, -0.05) is 5.16 Å². The molecule has 146 valence electrons. The molecule has 28 heavy (non-hydrogen) atoms. The van der Waals surface area contributed by atoms with Crippen LogP contribution in [0.1, 0.15) is 35.3 Å². The van der Waals surface area contributed by atoms with Crippen LogP contribution in [0.2, 0.25) is 0 Å². The lowest BCUT2D eigenvalue weighted by Gasteiger charge is -2.38. The minimum atomic E-state index is -0.366. The number of furan rings is 1. The number of nitrogens with zero attached hydrogens (tertiary/aromatic N) is 3. The van der Waals surface area contributed by atoms with E-state index < -0.39 is 0 Å². The number of hydrogen-bond donors (Lipinski definition) is 0. The number of amides is 1. The number of pyridine rings is 1. The first kappa shape index (κ1) is 17.4. The van der Waals surface area contributed by atoms with Crippen LogP contribution in [0.4, 0.5) is 0 Å². The fourth-order valence-corrected chi connectivity index (χ4v) is 4.06. The summed E-state index contributed by atoms with van der Waals surface area (Å²) in [6.07, 6.45) is 4.07. The molecule has 2 saturated heterocycles. The Hall–Kier alpha value is -2.71. The third-order valence-corrected chi connectivity index (χ3v) is 5.39. The molecule has 8 nitrogen and oxygen atoms in total. The van der Waals surface area contributed by atoms with Gasteiger partial charge in [-0.3, -0.25) is 4.79 Å². The van der Waals surface area contributed by atoms with E-state index in [0.717, 1.165) is 19.3 Å². The van der Waals surface area contributed by atoms with Gasteiger partial charge in [-0.25, -0.2) is 4.98 Å². The van der Waals surface area contributed by atoms with Crippen LogP contribution in [0, 0.1) is 6.92 Å². The van der Waals surface area contributed by atoms with E-state index in [1.807, 2.05) is 11.8 Å². The molecule has 0 spiro atoms. The monoisotopic (exact) mass is 383 g/mol. The highest BCUT2D eigenvalue weighted by Crippen LogP contribution is 2.31. The molecule has 2 aliphatic rings. The van der Waals surface area contributed by atoms with E-state index in [1.165, 1.54) is 0 Å². The molecular formula is C20H21N3O5. The van der Waals surface area contributed by atoms with Gasteiger partial charge in [0.15, 0.2) is 12.1 Å². The van der Waals surface area contributed by atoms with E-state index in [9.17, 15) is 4.79 Å². The smallest absolute Gasteiger partial charge is 0.259 e. The fourth-order valence-electron chi connectivity index (χ4n) is 4.06. The first-order valence-electron chi connectivity index (χ1n) is 9.57. The molecule has 0 bridgehead atoms. The molecule has 0 N–H and O–H groups in total. The van der Waals surface area contributed by atoms with Crippen molar-refractivity contribution in [2.75, 3.05) is 19.8 Å². The Balaban J connectivity index is 1.58. The first-order valence-corrected chi connectivity index (χ1v) is 9.57. The maximum atomic E-state index is 13.6. The zero-order valence-electron chi connectivity index (χ0n) is 15.6. The van der Waals surface area contributed by atoms with Crippen molar-refractivity contribution in [1.29, 1.82) is 0 Å². The SMILES string of the molecule is Cc1noc2nc(-c3ccco3)cc(C(=O)N3CCCCC3C3OCCO3)c12. The van der Waals surface area contributed by atoms with Crippen molar-refractivity contribution in [3.05, 3.63) is 35.7 Å². The standard InChI is InChI=1S/C20H21N3O5/c1-12-17-13(11-14(16-6-4-8-25-16)21-18(17)28-22-12)19(24)23-7-3-2-5-15(23)20-26-9-10-27-20/h4,6,8,11,15,20H,2-3,5,7,9-10H2,1H3. The lowest BCUT2D eigenvalue weighted by Crippen LogP contribution is -2.50. The van der Waals surface area contributed by atoms with E-state index >= 15 is 0 Å². The predicted molar refractivity (Wildman–Crippen MR) is 98.6 cm³/mol. The summed E-state index contributed by atoms with van der Waals surface area (Å²) in [7, 11) is 0. The summed E-state index contributed by atoms with van der Waals surface area (Å²) in [6, 6.07) is 5.24. The Morgan fingerprint density at radius 1 is 1.25 bits per heavy atom. The summed E-state index contributed by atoms with van der Waals surface area (Å²) in [5.41, 5.74) is 2.02. The minimum Gasteiger partial charge on any atom is -0.463 e. The van der Waals surface area contributed by atoms with Gasteiger partial charge in [-0.15, -0.1) is 0 Å². The number of piperidine rings is 1. The molecule has 5 rings (SSSR count). The molecule has 0 saturated carbocycles. The molecule has 0 aromatic carbocycles. The molecule has 3 aromatic heterocycles. The molecule has 1 unspecified atom stereocenters. The van der Waals surface area contributed by atoms with Crippen LogP contribution in [-0.4, -0.2) is 53.0 Å². The van der Waals surface area contributed by atoms with E-state index in [1.54, 1.807) is 24.5 Å². The second kappa shape index (κ2) is 7.03. The van der Waals surface area contributed by atoms with Gasteiger partial charge in [-0.05, 0) is 44.4 Å². The van der Waals surface area contributed by atoms with E-state index in [4.69, 9.17) is 18.4 Å². The summed E-state index contributed by atoms with van der Waals surface area (Å²) >= 11 is 0. The molecule has 0 radical (unpaired) electrons. The van der Waals surface area contributed by atoms with E-state index in [2.05, 4.69) is 10.1 Å². The normalized spacial score (nSPS) is 20.9. The summed E-state index contributed by atoms with van der Waals surface area (Å²) < 4.78 is 22.3. The van der Waals surface area contributed by atoms with Crippen LogP contribution in [-0.2, 0) is 9.47 Å². The Morgan fingerprint density at radius 2 is 2.11 bits per heavy atom. The third-order valence-electron chi connectivity index (χ3n) is 5.39. The average molecular weight is 383 g/mol. The fraction of sp³-hybridized carbons (Fsp3) is 0.450. The van der Waals surface area contributed by atoms with Crippen molar-refractivity contribution < 1.29 is 23.2 Å². The van der Waals surface area contributed by atoms with Crippen LogP contribution < -0.4 is 0 Å². The van der Waals surface area contributed by atoms with Gasteiger partial charge in [0.25, 0.3) is 11.6 Å². The van der Waals surface area contributed by atoms with Crippen LogP contribution in [0.3, 0.4) is 0 Å². The average Bonchev–Trinajstić information content (AvgIpc) is 3.49. The minimum absolute atomic E-state index is 0.0877. The highest BCUT2D eigenvalue weighted by molar-refractivity contribution is 6.07. The Kier molecular flexibility index (Phi) is 4.37. The van der Waals surface area contributed by atoms with E-state index in [-0.39, 0.29) is 18.2 Å². The van der Waals surface area contributed by atoms with Gasteiger partial charge in [0.2, 0.25) is 0 Å². The number of carbonyl (C=O) groups is 1. The number of likely N-dealkylation sites (tertiary alicyclic amines) is 1. The zero-order valence-corrected chi connectivity index (χ0v) is 15.6. The van der Waals surface area contributed by atoms with Gasteiger partial charge in [0.1, 0.15) is 5.69 Å². The quantitative estimate of drug-likeness (QED) is 0.686. The summed E-state index contributed by atoms with van der Waals surface area (Å²) in [4.78, 5) is 20.0. The maximum absolute atomic E-state index is 13.6. The summed E-state index contributed by atoms with van der Waals surface area (Å²) in [5, 5.41) is 4.65. The van der Waals surface area contributed by atoms with Crippen molar-refractivity contribution in [3.63, 3.8) is 0 Å². The Morgan fingerprint density at radius 3 is 2.89 bits per heavy atom. The number of aryl methyl sites for hydroxylation is 1. The molecule has 2 fully saturated rings. The largest absolute Gasteiger partial charge is 0.463 e. The van der Waals surface area contributed by atoms with Crippen molar-refractivity contribution in [1.82, 2.24) is 15.0 Å². The molecule has 8 heteroatoms. The van der Waals surface area contributed by atoms with Crippen LogP contribution >= 0.6 is 0 Å². The first-order chi connectivity index (χ1) is 13.7.